The van der Waals surface area contributed by atoms with E-state index in [1.165, 1.54) is 6.92 Å². The van der Waals surface area contributed by atoms with E-state index in [1.807, 2.05) is 19.1 Å². The van der Waals surface area contributed by atoms with Crippen molar-refractivity contribution >= 4 is 33.7 Å². The number of hydrazine groups is 1. The summed E-state index contributed by atoms with van der Waals surface area (Å²) in [6, 6.07) is 5.41. The van der Waals surface area contributed by atoms with Gasteiger partial charge >= 0.3 is 5.97 Å². The third kappa shape index (κ3) is 6.75. The summed E-state index contributed by atoms with van der Waals surface area (Å²) in [7, 11) is 0. The molecule has 0 saturated heterocycles. The van der Waals surface area contributed by atoms with Gasteiger partial charge in [0.1, 0.15) is 5.75 Å². The van der Waals surface area contributed by atoms with Crippen molar-refractivity contribution in [2.24, 2.45) is 0 Å². The average molecular weight is 359 g/mol. The zero-order valence-electron chi connectivity index (χ0n) is 11.6. The number of rotatable bonds is 5. The summed E-state index contributed by atoms with van der Waals surface area (Å²) >= 11 is 3.31. The molecule has 1 rings (SSSR count). The number of hydrogen-bond donors (Lipinski definition) is 2. The number of hydrogen-bond acceptors (Lipinski definition) is 5. The SMILES string of the molecule is CC(=O)NNC(=O)COC(=O)COc1ccc(C)cc1Br. The van der Waals surface area contributed by atoms with Crippen LogP contribution in [0.1, 0.15) is 12.5 Å². The van der Waals surface area contributed by atoms with Crippen LogP contribution >= 0.6 is 15.9 Å². The molecule has 0 aliphatic rings. The Balaban J connectivity index is 2.31. The first-order valence-corrected chi connectivity index (χ1v) is 6.78. The predicted octanol–water partition coefficient (Wildman–Crippen LogP) is 0.847. The van der Waals surface area contributed by atoms with Gasteiger partial charge in [0.2, 0.25) is 5.91 Å². The van der Waals surface area contributed by atoms with E-state index in [2.05, 4.69) is 31.5 Å². The Morgan fingerprint density at radius 1 is 1.19 bits per heavy atom. The zero-order valence-corrected chi connectivity index (χ0v) is 13.2. The first-order chi connectivity index (χ1) is 9.88. The molecular formula is C13H15BrN2O5. The Morgan fingerprint density at radius 2 is 1.90 bits per heavy atom. The standard InChI is InChI=1S/C13H15BrN2O5/c1-8-3-4-11(10(14)5-8)20-7-13(19)21-6-12(18)16-15-9(2)17/h3-5H,6-7H2,1-2H3,(H,15,17)(H,16,18). The van der Waals surface area contributed by atoms with Gasteiger partial charge in [-0.2, -0.15) is 0 Å². The molecule has 1 aromatic carbocycles. The van der Waals surface area contributed by atoms with Crippen LogP contribution in [0.5, 0.6) is 5.75 Å². The van der Waals surface area contributed by atoms with E-state index in [0.29, 0.717) is 5.75 Å². The van der Waals surface area contributed by atoms with Crippen molar-refractivity contribution in [3.05, 3.63) is 28.2 Å². The van der Waals surface area contributed by atoms with Crippen LogP contribution in [0, 0.1) is 6.92 Å². The summed E-state index contributed by atoms with van der Waals surface area (Å²) in [5.74, 6) is -1.27. The third-order valence-electron chi connectivity index (χ3n) is 2.18. The lowest BCUT2D eigenvalue weighted by Crippen LogP contribution is -2.42. The van der Waals surface area contributed by atoms with Crippen molar-refractivity contribution in [2.45, 2.75) is 13.8 Å². The zero-order chi connectivity index (χ0) is 15.8. The monoisotopic (exact) mass is 358 g/mol. The summed E-state index contributed by atoms with van der Waals surface area (Å²) in [4.78, 5) is 33.1. The van der Waals surface area contributed by atoms with Crippen molar-refractivity contribution in [3.63, 3.8) is 0 Å². The van der Waals surface area contributed by atoms with Gasteiger partial charge in [-0.25, -0.2) is 4.79 Å². The van der Waals surface area contributed by atoms with Gasteiger partial charge in [-0.1, -0.05) is 6.07 Å². The number of halogens is 1. The molecule has 0 heterocycles. The van der Waals surface area contributed by atoms with E-state index in [-0.39, 0.29) is 6.61 Å². The molecule has 8 heteroatoms. The minimum atomic E-state index is -0.694. The lowest BCUT2D eigenvalue weighted by Gasteiger charge is -2.09. The molecule has 0 aromatic heterocycles. The van der Waals surface area contributed by atoms with Crippen LogP contribution in [0.2, 0.25) is 0 Å². The van der Waals surface area contributed by atoms with E-state index in [4.69, 9.17) is 4.74 Å². The Hall–Kier alpha value is -2.09. The summed E-state index contributed by atoms with van der Waals surface area (Å²) in [6.45, 7) is 2.34. The number of nitrogens with one attached hydrogen (secondary N) is 2. The Bertz CT molecular complexity index is 547. The molecule has 0 radical (unpaired) electrons. The lowest BCUT2D eigenvalue weighted by atomic mass is 10.2. The van der Waals surface area contributed by atoms with Gasteiger partial charge in [-0.15, -0.1) is 0 Å². The summed E-state index contributed by atoms with van der Waals surface area (Å²) in [6.07, 6.45) is 0. The van der Waals surface area contributed by atoms with Gasteiger partial charge in [0.05, 0.1) is 4.47 Å². The Labute approximate surface area is 130 Å². The molecule has 0 atom stereocenters. The first kappa shape index (κ1) is 17.0. The normalized spacial score (nSPS) is 9.67. The van der Waals surface area contributed by atoms with E-state index >= 15 is 0 Å². The second kappa shape index (κ2) is 8.25. The van der Waals surface area contributed by atoms with E-state index in [0.717, 1.165) is 10.0 Å². The lowest BCUT2D eigenvalue weighted by molar-refractivity contribution is -0.150. The van der Waals surface area contributed by atoms with Crippen LogP contribution in [-0.4, -0.2) is 31.0 Å². The summed E-state index contributed by atoms with van der Waals surface area (Å²) < 4.78 is 10.7. The first-order valence-electron chi connectivity index (χ1n) is 5.98. The van der Waals surface area contributed by atoms with Gasteiger partial charge in [0, 0.05) is 6.92 Å². The fourth-order valence-electron chi connectivity index (χ4n) is 1.24. The largest absolute Gasteiger partial charge is 0.481 e. The number of benzene rings is 1. The highest BCUT2D eigenvalue weighted by atomic mass is 79.9. The Morgan fingerprint density at radius 3 is 2.52 bits per heavy atom. The number of aryl methyl sites for hydroxylation is 1. The number of carbonyl (C=O) groups excluding carboxylic acids is 3. The van der Waals surface area contributed by atoms with Crippen molar-refractivity contribution < 1.29 is 23.9 Å². The molecule has 114 valence electrons. The van der Waals surface area contributed by atoms with Gasteiger partial charge in [-0.3, -0.25) is 20.4 Å². The molecule has 0 bridgehead atoms. The Kier molecular flexibility index (Phi) is 6.67. The number of carbonyl (C=O) groups is 3. The van der Waals surface area contributed by atoms with Gasteiger partial charge in [0.25, 0.3) is 5.91 Å². The highest BCUT2D eigenvalue weighted by Crippen LogP contribution is 2.25. The summed E-state index contributed by atoms with van der Waals surface area (Å²) in [5.41, 5.74) is 5.18. The van der Waals surface area contributed by atoms with E-state index in [1.54, 1.807) is 6.07 Å². The van der Waals surface area contributed by atoms with Gasteiger partial charge in [-0.05, 0) is 40.5 Å². The molecule has 1 aromatic rings. The highest BCUT2D eigenvalue weighted by Gasteiger charge is 2.09. The molecule has 0 aliphatic heterocycles. The number of ether oxygens (including phenoxy) is 2. The number of esters is 1. The topological polar surface area (TPSA) is 93.7 Å². The fourth-order valence-corrected chi connectivity index (χ4v) is 1.85. The highest BCUT2D eigenvalue weighted by molar-refractivity contribution is 9.10. The van der Waals surface area contributed by atoms with Crippen LogP contribution in [0.15, 0.2) is 22.7 Å². The fraction of sp³-hybridized carbons (Fsp3) is 0.308. The van der Waals surface area contributed by atoms with Crippen LogP contribution in [-0.2, 0) is 19.1 Å². The van der Waals surface area contributed by atoms with Crippen molar-refractivity contribution in [3.8, 4) is 5.75 Å². The molecule has 0 saturated carbocycles. The molecule has 21 heavy (non-hydrogen) atoms. The smallest absolute Gasteiger partial charge is 0.344 e. The maximum Gasteiger partial charge on any atom is 0.344 e. The third-order valence-corrected chi connectivity index (χ3v) is 2.79. The molecule has 0 spiro atoms. The van der Waals surface area contributed by atoms with Gasteiger partial charge in [0.15, 0.2) is 13.2 Å². The van der Waals surface area contributed by atoms with Crippen LogP contribution in [0.25, 0.3) is 0 Å². The van der Waals surface area contributed by atoms with Crippen molar-refractivity contribution in [2.75, 3.05) is 13.2 Å². The molecule has 0 unspecified atom stereocenters. The maximum atomic E-state index is 11.4. The van der Waals surface area contributed by atoms with Crippen LogP contribution in [0.4, 0.5) is 0 Å². The summed E-state index contributed by atoms with van der Waals surface area (Å²) in [5, 5.41) is 0. The second-order valence-corrected chi connectivity index (χ2v) is 4.97. The molecule has 0 fully saturated rings. The quantitative estimate of drug-likeness (QED) is 0.601. The minimum Gasteiger partial charge on any atom is -0.481 e. The van der Waals surface area contributed by atoms with E-state index in [9.17, 15) is 14.4 Å². The molecule has 2 amide bonds. The van der Waals surface area contributed by atoms with Crippen molar-refractivity contribution in [1.82, 2.24) is 10.9 Å². The van der Waals surface area contributed by atoms with Crippen molar-refractivity contribution in [1.29, 1.82) is 0 Å². The second-order valence-electron chi connectivity index (χ2n) is 4.11. The van der Waals surface area contributed by atoms with Crippen LogP contribution < -0.4 is 15.6 Å². The molecular weight excluding hydrogens is 344 g/mol. The predicted molar refractivity (Wildman–Crippen MR) is 77.3 cm³/mol. The average Bonchev–Trinajstić information content (AvgIpc) is 2.41. The molecule has 7 nitrogen and oxygen atoms in total. The van der Waals surface area contributed by atoms with E-state index < -0.39 is 24.4 Å². The molecule has 2 N–H and O–H groups in total. The minimum absolute atomic E-state index is 0.324. The number of amides is 2. The van der Waals surface area contributed by atoms with Gasteiger partial charge < -0.3 is 9.47 Å². The molecule has 0 aliphatic carbocycles. The van der Waals surface area contributed by atoms with Crippen LogP contribution in [0.3, 0.4) is 0 Å². The maximum absolute atomic E-state index is 11.4.